The number of nitrogens with one attached hydrogen (secondary N) is 1. The lowest BCUT2D eigenvalue weighted by Crippen LogP contribution is -2.20. The summed E-state index contributed by atoms with van der Waals surface area (Å²) in [4.78, 5) is 0. The van der Waals surface area contributed by atoms with Gasteiger partial charge in [-0.15, -0.1) is 0 Å². The standard InChI is InChI=1S/C17H19Cl2NO/c1-3-16(12-6-4-7-13(18)10-12)20-11-14-15(19)8-5-9-17(14)21-2/h4-10,16,20H,3,11H2,1-2H3. The molecule has 4 heteroatoms. The summed E-state index contributed by atoms with van der Waals surface area (Å²) in [6.07, 6.45) is 0.965. The van der Waals surface area contributed by atoms with Crippen molar-refractivity contribution in [3.05, 3.63) is 63.6 Å². The van der Waals surface area contributed by atoms with Crippen LogP contribution in [0.25, 0.3) is 0 Å². The normalized spacial score (nSPS) is 12.2. The highest BCUT2D eigenvalue weighted by molar-refractivity contribution is 6.31. The first-order valence-corrected chi connectivity index (χ1v) is 7.71. The average molecular weight is 324 g/mol. The second kappa shape index (κ2) is 7.69. The topological polar surface area (TPSA) is 21.3 Å². The van der Waals surface area contributed by atoms with Gasteiger partial charge in [0.2, 0.25) is 0 Å². The number of hydrogen-bond donors (Lipinski definition) is 1. The molecule has 112 valence electrons. The van der Waals surface area contributed by atoms with Crippen molar-refractivity contribution in [2.24, 2.45) is 0 Å². The van der Waals surface area contributed by atoms with Gasteiger partial charge in [-0.3, -0.25) is 0 Å². The number of rotatable bonds is 6. The van der Waals surface area contributed by atoms with E-state index in [1.807, 2.05) is 36.4 Å². The Morgan fingerprint density at radius 3 is 2.57 bits per heavy atom. The molecule has 0 amide bonds. The van der Waals surface area contributed by atoms with E-state index in [1.54, 1.807) is 7.11 Å². The van der Waals surface area contributed by atoms with E-state index in [1.165, 1.54) is 5.56 Å². The van der Waals surface area contributed by atoms with Crippen LogP contribution in [0.15, 0.2) is 42.5 Å². The second-order valence-electron chi connectivity index (χ2n) is 4.82. The van der Waals surface area contributed by atoms with E-state index in [9.17, 15) is 0 Å². The summed E-state index contributed by atoms with van der Waals surface area (Å²) >= 11 is 12.3. The Morgan fingerprint density at radius 1 is 1.14 bits per heavy atom. The largest absolute Gasteiger partial charge is 0.496 e. The zero-order valence-electron chi connectivity index (χ0n) is 12.2. The molecule has 2 nitrogen and oxygen atoms in total. The molecule has 1 unspecified atom stereocenters. The minimum atomic E-state index is 0.227. The molecule has 0 aliphatic rings. The zero-order valence-corrected chi connectivity index (χ0v) is 13.7. The quantitative estimate of drug-likeness (QED) is 0.784. The highest BCUT2D eigenvalue weighted by atomic mass is 35.5. The van der Waals surface area contributed by atoms with Gasteiger partial charge >= 0.3 is 0 Å². The number of ether oxygens (including phenoxy) is 1. The highest BCUT2D eigenvalue weighted by Gasteiger charge is 2.12. The van der Waals surface area contributed by atoms with Crippen LogP contribution in [0.5, 0.6) is 5.75 Å². The lowest BCUT2D eigenvalue weighted by atomic mass is 10.0. The van der Waals surface area contributed by atoms with E-state index in [-0.39, 0.29) is 6.04 Å². The van der Waals surface area contributed by atoms with Crippen LogP contribution < -0.4 is 10.1 Å². The van der Waals surface area contributed by atoms with E-state index >= 15 is 0 Å². The summed E-state index contributed by atoms with van der Waals surface area (Å²) < 4.78 is 5.37. The zero-order chi connectivity index (χ0) is 15.2. The van der Waals surface area contributed by atoms with E-state index in [4.69, 9.17) is 27.9 Å². The van der Waals surface area contributed by atoms with E-state index < -0.39 is 0 Å². The molecule has 1 N–H and O–H groups in total. The van der Waals surface area contributed by atoms with E-state index in [2.05, 4.69) is 18.3 Å². The molecule has 21 heavy (non-hydrogen) atoms. The van der Waals surface area contributed by atoms with Crippen LogP contribution in [-0.4, -0.2) is 7.11 Å². The lowest BCUT2D eigenvalue weighted by molar-refractivity contribution is 0.404. The maximum atomic E-state index is 6.26. The molecule has 2 aromatic rings. The van der Waals surface area contributed by atoms with Gasteiger partial charge in [0.25, 0.3) is 0 Å². The third kappa shape index (κ3) is 4.13. The monoisotopic (exact) mass is 323 g/mol. The molecule has 1 atom stereocenters. The predicted octanol–water partition coefficient (Wildman–Crippen LogP) is 5.24. The van der Waals surface area contributed by atoms with Crippen molar-refractivity contribution in [2.45, 2.75) is 25.9 Å². The second-order valence-corrected chi connectivity index (χ2v) is 5.66. The van der Waals surface area contributed by atoms with Gasteiger partial charge < -0.3 is 10.1 Å². The molecule has 0 aliphatic heterocycles. The summed E-state index contributed by atoms with van der Waals surface area (Å²) in [6.45, 7) is 2.79. The van der Waals surface area contributed by atoms with Gasteiger partial charge in [0, 0.05) is 28.2 Å². The Bertz CT molecular complexity index is 601. The van der Waals surface area contributed by atoms with Crippen LogP contribution in [0.1, 0.15) is 30.5 Å². The van der Waals surface area contributed by atoms with Crippen molar-refractivity contribution < 1.29 is 4.74 Å². The SMILES string of the molecule is CCC(NCc1c(Cl)cccc1OC)c1cccc(Cl)c1. The minimum absolute atomic E-state index is 0.227. The first-order chi connectivity index (χ1) is 10.2. The number of halogens is 2. The summed E-state index contributed by atoms with van der Waals surface area (Å²) in [5, 5.41) is 4.99. The number of benzene rings is 2. The Labute approximate surface area is 136 Å². The van der Waals surface area contributed by atoms with Gasteiger partial charge in [-0.05, 0) is 36.2 Å². The van der Waals surface area contributed by atoms with E-state index in [0.717, 1.165) is 22.8 Å². The summed E-state index contributed by atoms with van der Waals surface area (Å²) in [7, 11) is 1.66. The van der Waals surface area contributed by atoms with Crippen molar-refractivity contribution >= 4 is 23.2 Å². The van der Waals surface area contributed by atoms with Crippen LogP contribution in [0.2, 0.25) is 10.0 Å². The first kappa shape index (κ1) is 16.2. The fraction of sp³-hybridized carbons (Fsp3) is 0.294. The van der Waals surface area contributed by atoms with Crippen LogP contribution in [0, 0.1) is 0 Å². The van der Waals surface area contributed by atoms with E-state index in [0.29, 0.717) is 11.6 Å². The Balaban J connectivity index is 2.14. The smallest absolute Gasteiger partial charge is 0.124 e. The van der Waals surface area contributed by atoms with Gasteiger partial charge in [-0.2, -0.15) is 0 Å². The third-order valence-electron chi connectivity index (χ3n) is 3.48. The van der Waals surface area contributed by atoms with Crippen LogP contribution in [0.3, 0.4) is 0 Å². The maximum Gasteiger partial charge on any atom is 0.124 e. The Hall–Kier alpha value is -1.22. The van der Waals surface area contributed by atoms with Crippen molar-refractivity contribution in [3.8, 4) is 5.75 Å². The van der Waals surface area contributed by atoms with Crippen molar-refractivity contribution in [1.82, 2.24) is 5.32 Å². The molecule has 0 fully saturated rings. The van der Waals surface area contributed by atoms with Gasteiger partial charge in [0.05, 0.1) is 7.11 Å². The molecule has 0 bridgehead atoms. The van der Waals surface area contributed by atoms with Crippen LogP contribution in [-0.2, 0) is 6.54 Å². The summed E-state index contributed by atoms with van der Waals surface area (Å²) in [5.74, 6) is 0.802. The van der Waals surface area contributed by atoms with Gasteiger partial charge in [0.1, 0.15) is 5.75 Å². The fourth-order valence-electron chi connectivity index (χ4n) is 2.35. The molecule has 0 saturated heterocycles. The Morgan fingerprint density at radius 2 is 1.90 bits per heavy atom. The van der Waals surface area contributed by atoms with Gasteiger partial charge in [-0.1, -0.05) is 48.3 Å². The van der Waals surface area contributed by atoms with Crippen molar-refractivity contribution in [2.75, 3.05) is 7.11 Å². The fourth-order valence-corrected chi connectivity index (χ4v) is 2.78. The molecule has 0 heterocycles. The van der Waals surface area contributed by atoms with Crippen LogP contribution in [0.4, 0.5) is 0 Å². The van der Waals surface area contributed by atoms with Crippen molar-refractivity contribution in [1.29, 1.82) is 0 Å². The molecule has 0 spiro atoms. The van der Waals surface area contributed by atoms with Gasteiger partial charge in [0.15, 0.2) is 0 Å². The molecular weight excluding hydrogens is 305 g/mol. The molecule has 0 saturated carbocycles. The molecule has 0 radical (unpaired) electrons. The molecule has 2 rings (SSSR count). The predicted molar refractivity (Wildman–Crippen MR) is 89.3 cm³/mol. The maximum absolute atomic E-state index is 6.26. The summed E-state index contributed by atoms with van der Waals surface area (Å²) in [5.41, 5.74) is 2.15. The number of hydrogen-bond acceptors (Lipinski definition) is 2. The Kier molecular flexibility index (Phi) is 5.92. The van der Waals surface area contributed by atoms with Crippen LogP contribution >= 0.6 is 23.2 Å². The number of methoxy groups -OCH3 is 1. The van der Waals surface area contributed by atoms with Gasteiger partial charge in [-0.25, -0.2) is 0 Å². The molecule has 2 aromatic carbocycles. The molecule has 0 aliphatic carbocycles. The minimum Gasteiger partial charge on any atom is -0.496 e. The molecule has 0 aromatic heterocycles. The molecular formula is C17H19Cl2NO. The third-order valence-corrected chi connectivity index (χ3v) is 4.07. The van der Waals surface area contributed by atoms with Crippen molar-refractivity contribution in [3.63, 3.8) is 0 Å². The average Bonchev–Trinajstić information content (AvgIpc) is 2.49. The summed E-state index contributed by atoms with van der Waals surface area (Å²) in [6, 6.07) is 13.8. The highest BCUT2D eigenvalue weighted by Crippen LogP contribution is 2.27. The first-order valence-electron chi connectivity index (χ1n) is 6.96. The lowest BCUT2D eigenvalue weighted by Gasteiger charge is -2.19.